The van der Waals surface area contributed by atoms with E-state index in [9.17, 15) is 9.35 Å². The van der Waals surface area contributed by atoms with E-state index in [1.165, 1.54) is 25.7 Å². The van der Waals surface area contributed by atoms with Gasteiger partial charge in [0.05, 0.1) is 24.8 Å². The van der Waals surface area contributed by atoms with Crippen LogP contribution in [-0.4, -0.2) is 34.1 Å². The summed E-state index contributed by atoms with van der Waals surface area (Å²) in [7, 11) is 0. The van der Waals surface area contributed by atoms with Gasteiger partial charge in [-0.3, -0.25) is 4.79 Å². The Morgan fingerprint density at radius 2 is 2.00 bits per heavy atom. The third-order valence-electron chi connectivity index (χ3n) is 6.21. The van der Waals surface area contributed by atoms with Gasteiger partial charge in [-0.25, -0.2) is 0 Å². The van der Waals surface area contributed by atoms with E-state index in [1.54, 1.807) is 6.26 Å². The highest BCUT2D eigenvalue weighted by Gasteiger charge is 2.34. The number of aromatic nitrogens is 1. The molecule has 0 amide bonds. The lowest BCUT2D eigenvalue weighted by Gasteiger charge is -2.36. The van der Waals surface area contributed by atoms with Gasteiger partial charge in [0, 0.05) is 22.6 Å². The lowest BCUT2D eigenvalue weighted by molar-refractivity contribution is -0.00734. The number of fused-ring (bicyclic) bond motifs is 1. The van der Waals surface area contributed by atoms with Crippen LogP contribution < -0.4 is 10.3 Å². The van der Waals surface area contributed by atoms with Crippen molar-refractivity contribution in [3.8, 4) is 0 Å². The minimum absolute atomic E-state index is 0.000682. The van der Waals surface area contributed by atoms with Gasteiger partial charge in [-0.1, -0.05) is 25.8 Å². The number of aryl methyl sites for hydroxylation is 2. The molecule has 1 saturated carbocycles. The first-order chi connectivity index (χ1) is 13.0. The number of hydrogen-bond acceptors (Lipinski definition) is 4. The molecule has 3 unspecified atom stereocenters. The third-order valence-corrected chi connectivity index (χ3v) is 6.84. The highest BCUT2D eigenvalue weighted by atomic mass is 32.2. The average molecular weight is 395 g/mol. The summed E-state index contributed by atoms with van der Waals surface area (Å²) in [5.74, 6) is 0.854. The number of ether oxygens (including phenoxy) is 1. The van der Waals surface area contributed by atoms with Gasteiger partial charge in [-0.15, -0.1) is 4.72 Å². The van der Waals surface area contributed by atoms with Crippen molar-refractivity contribution in [2.24, 2.45) is 5.92 Å². The molecule has 0 spiro atoms. The van der Waals surface area contributed by atoms with Crippen LogP contribution in [0.2, 0.25) is 0 Å². The molecule has 0 saturated heterocycles. The molecule has 0 aromatic carbocycles. The topological polar surface area (TPSA) is 66.3 Å². The minimum Gasteiger partial charge on any atom is -0.598 e. The molecular weight excluding hydrogens is 360 g/mol. The van der Waals surface area contributed by atoms with E-state index in [0.29, 0.717) is 6.61 Å². The Morgan fingerprint density at radius 1 is 1.26 bits per heavy atom. The molecule has 1 aromatic rings. The second-order valence-electron chi connectivity index (χ2n) is 8.23. The van der Waals surface area contributed by atoms with E-state index in [4.69, 9.17) is 4.74 Å². The second kappa shape index (κ2) is 9.59. The first-order valence-corrected chi connectivity index (χ1v) is 12.0. The molecule has 6 heteroatoms. The Hall–Kier alpha value is -0.820. The van der Waals surface area contributed by atoms with Crippen LogP contribution >= 0.6 is 0 Å². The molecule has 1 fully saturated rings. The predicted molar refractivity (Wildman–Crippen MR) is 110 cm³/mol. The van der Waals surface area contributed by atoms with Crippen LogP contribution in [0.3, 0.4) is 0 Å². The maximum Gasteiger partial charge on any atom is 0.254 e. The molecule has 27 heavy (non-hydrogen) atoms. The molecule has 0 radical (unpaired) electrons. The van der Waals surface area contributed by atoms with Gasteiger partial charge in [0.15, 0.2) is 0 Å². The van der Waals surface area contributed by atoms with E-state index in [2.05, 4.69) is 17.7 Å². The smallest absolute Gasteiger partial charge is 0.254 e. The normalized spacial score (nSPS) is 29.3. The summed E-state index contributed by atoms with van der Waals surface area (Å²) in [4.78, 5) is 12.8. The van der Waals surface area contributed by atoms with Crippen LogP contribution in [0.4, 0.5) is 0 Å². The number of pyridine rings is 1. The second-order valence-corrected chi connectivity index (χ2v) is 9.38. The summed E-state index contributed by atoms with van der Waals surface area (Å²) in [5, 5.41) is 0. The van der Waals surface area contributed by atoms with E-state index in [-0.39, 0.29) is 23.7 Å². The highest BCUT2D eigenvalue weighted by Crippen LogP contribution is 2.31. The maximum absolute atomic E-state index is 12.8. The Morgan fingerprint density at radius 3 is 2.67 bits per heavy atom. The van der Waals surface area contributed by atoms with Gasteiger partial charge < -0.3 is 13.9 Å². The number of nitrogens with zero attached hydrogens (tertiary/aromatic N) is 1. The van der Waals surface area contributed by atoms with Gasteiger partial charge in [0.2, 0.25) is 0 Å². The summed E-state index contributed by atoms with van der Waals surface area (Å²) in [6.07, 6.45) is 11.0. The SMILES string of the molecule is CCCC1CCC(OCC2C(N[S+](C)[O-])CCc3ccc(C)c(=O)n32)CC1. The fourth-order valence-electron chi connectivity index (χ4n) is 4.71. The van der Waals surface area contributed by atoms with Crippen molar-refractivity contribution in [3.05, 3.63) is 33.7 Å². The van der Waals surface area contributed by atoms with Crippen molar-refractivity contribution >= 4 is 11.4 Å². The van der Waals surface area contributed by atoms with Gasteiger partial charge in [-0.2, -0.15) is 0 Å². The van der Waals surface area contributed by atoms with Gasteiger partial charge in [0.1, 0.15) is 6.26 Å². The predicted octanol–water partition coefficient (Wildman–Crippen LogP) is 3.27. The van der Waals surface area contributed by atoms with E-state index in [1.807, 2.05) is 17.6 Å². The van der Waals surface area contributed by atoms with Crippen LogP contribution in [0, 0.1) is 12.8 Å². The molecule has 2 heterocycles. The van der Waals surface area contributed by atoms with Crippen molar-refractivity contribution < 1.29 is 9.29 Å². The van der Waals surface area contributed by atoms with Crippen LogP contribution in [-0.2, 0) is 22.5 Å². The highest BCUT2D eigenvalue weighted by molar-refractivity contribution is 7.88. The first-order valence-electron chi connectivity index (χ1n) is 10.4. The molecule has 1 aliphatic carbocycles. The van der Waals surface area contributed by atoms with E-state index >= 15 is 0 Å². The zero-order valence-corrected chi connectivity index (χ0v) is 17.7. The van der Waals surface area contributed by atoms with Crippen LogP contribution in [0.25, 0.3) is 0 Å². The van der Waals surface area contributed by atoms with Crippen molar-refractivity contribution in [1.29, 1.82) is 0 Å². The Kier molecular flexibility index (Phi) is 7.42. The summed E-state index contributed by atoms with van der Waals surface area (Å²) in [6.45, 7) is 4.62. The molecule has 152 valence electrons. The van der Waals surface area contributed by atoms with Gasteiger partial charge >= 0.3 is 0 Å². The van der Waals surface area contributed by atoms with Crippen molar-refractivity contribution in [2.75, 3.05) is 12.9 Å². The molecule has 2 aliphatic rings. The standard InChI is InChI=1S/C21H34N2O3S/c1-4-5-16-7-11-18(12-8-16)26-14-20-19(22-27(3)25)13-10-17-9-6-15(2)21(24)23(17)20/h6,9,16,18-20,22H,4-5,7-8,10-14H2,1-3H3. The molecule has 3 rings (SSSR count). The maximum atomic E-state index is 12.8. The van der Waals surface area contributed by atoms with E-state index < -0.39 is 11.4 Å². The molecule has 1 aromatic heterocycles. The largest absolute Gasteiger partial charge is 0.598 e. The summed E-state index contributed by atoms with van der Waals surface area (Å²) in [5.41, 5.74) is 1.87. The van der Waals surface area contributed by atoms with Crippen molar-refractivity contribution in [1.82, 2.24) is 9.29 Å². The lowest BCUT2D eigenvalue weighted by Crippen LogP contribution is -2.49. The first kappa shape index (κ1) is 20.9. The third kappa shape index (κ3) is 5.17. The van der Waals surface area contributed by atoms with Gasteiger partial charge in [-0.05, 0) is 57.4 Å². The number of nitrogens with one attached hydrogen (secondary N) is 1. The average Bonchev–Trinajstić information content (AvgIpc) is 2.65. The van der Waals surface area contributed by atoms with E-state index in [0.717, 1.165) is 42.9 Å². The molecule has 3 atom stereocenters. The zero-order valence-electron chi connectivity index (χ0n) is 16.9. The molecule has 5 nitrogen and oxygen atoms in total. The fourth-order valence-corrected chi connectivity index (χ4v) is 5.41. The lowest BCUT2D eigenvalue weighted by atomic mass is 9.84. The molecular formula is C21H34N2O3S. The van der Waals surface area contributed by atoms with Crippen molar-refractivity contribution in [3.63, 3.8) is 0 Å². The Labute approximate surface area is 166 Å². The molecule has 0 bridgehead atoms. The van der Waals surface area contributed by atoms with Crippen molar-refractivity contribution in [2.45, 2.75) is 83.4 Å². The number of hydrogen-bond donors (Lipinski definition) is 1. The minimum atomic E-state index is -1.11. The number of rotatable bonds is 7. The fraction of sp³-hybridized carbons (Fsp3) is 0.762. The monoisotopic (exact) mass is 394 g/mol. The van der Waals surface area contributed by atoms with Crippen LogP contribution in [0.15, 0.2) is 16.9 Å². The summed E-state index contributed by atoms with van der Waals surface area (Å²) < 4.78 is 23.2. The van der Waals surface area contributed by atoms with Crippen LogP contribution in [0.1, 0.15) is 69.2 Å². The Balaban J connectivity index is 1.71. The quantitative estimate of drug-likeness (QED) is 0.721. The van der Waals surface area contributed by atoms with Gasteiger partial charge in [0.25, 0.3) is 5.56 Å². The Bertz CT molecular complexity index is 668. The molecule has 1 N–H and O–H groups in total. The summed E-state index contributed by atoms with van der Waals surface area (Å²) in [6, 6.07) is 3.86. The summed E-state index contributed by atoms with van der Waals surface area (Å²) >= 11 is -1.11. The zero-order chi connectivity index (χ0) is 19.4. The molecule has 1 aliphatic heterocycles. The van der Waals surface area contributed by atoms with Crippen LogP contribution in [0.5, 0.6) is 0 Å².